The van der Waals surface area contributed by atoms with Gasteiger partial charge in [0.2, 0.25) is 0 Å². The van der Waals surface area contributed by atoms with E-state index in [1.54, 1.807) is 24.5 Å². The molecule has 0 spiro atoms. The number of nitrogen functional groups attached to an aromatic ring is 1. The minimum Gasteiger partial charge on any atom is -0.491 e. The Morgan fingerprint density at radius 2 is 2.21 bits per heavy atom. The maximum Gasteiger partial charge on any atom is 0.255 e. The van der Waals surface area contributed by atoms with Gasteiger partial charge in [0, 0.05) is 28.9 Å². The van der Waals surface area contributed by atoms with Crippen molar-refractivity contribution < 1.29 is 13.7 Å². The number of nitrogens with two attached hydrogens (primary N) is 1. The molecule has 1 aromatic rings. The molecule has 0 aliphatic carbocycles. The van der Waals surface area contributed by atoms with Crippen LogP contribution >= 0.6 is 0 Å². The number of carbonyl (C=O) groups is 1. The lowest BCUT2D eigenvalue weighted by atomic mass is 10.1. The summed E-state index contributed by atoms with van der Waals surface area (Å²) in [5, 5.41) is 2.79. The van der Waals surface area contributed by atoms with E-state index in [0.717, 1.165) is 0 Å². The molecule has 1 aromatic carbocycles. The summed E-state index contributed by atoms with van der Waals surface area (Å²) in [7, 11) is -0.952. The van der Waals surface area contributed by atoms with Crippen molar-refractivity contribution in [2.24, 2.45) is 0 Å². The summed E-state index contributed by atoms with van der Waals surface area (Å²) in [5.41, 5.74) is 6.63. The van der Waals surface area contributed by atoms with Crippen LogP contribution in [0.5, 0.6) is 5.75 Å². The van der Waals surface area contributed by atoms with Gasteiger partial charge in [-0.25, -0.2) is 0 Å². The van der Waals surface area contributed by atoms with E-state index < -0.39 is 10.8 Å². The van der Waals surface area contributed by atoms with Crippen LogP contribution in [0.3, 0.4) is 0 Å². The standard InChI is InChI=1S/C13H20N2O3S/c1-4-18-12-10(6-5-7-11(12)14)13(16)15-9(2)8-19(3)17/h5-7,9H,4,8,14H2,1-3H3,(H,15,16). The number of hydrogen-bond acceptors (Lipinski definition) is 4. The van der Waals surface area contributed by atoms with Crippen molar-refractivity contribution in [1.82, 2.24) is 5.32 Å². The molecule has 19 heavy (non-hydrogen) atoms. The van der Waals surface area contributed by atoms with Crippen molar-refractivity contribution in [1.29, 1.82) is 0 Å². The number of carbonyl (C=O) groups excluding carboxylic acids is 1. The average Bonchev–Trinajstić information content (AvgIpc) is 2.30. The highest BCUT2D eigenvalue weighted by atomic mass is 32.2. The second-order valence-electron chi connectivity index (χ2n) is 4.27. The molecular formula is C13H20N2O3S. The number of rotatable bonds is 6. The molecule has 2 atom stereocenters. The first-order valence-electron chi connectivity index (χ1n) is 6.07. The van der Waals surface area contributed by atoms with Crippen molar-refractivity contribution in [3.05, 3.63) is 23.8 Å². The highest BCUT2D eigenvalue weighted by Gasteiger charge is 2.17. The molecule has 0 fully saturated rings. The fourth-order valence-corrected chi connectivity index (χ4v) is 2.52. The molecule has 5 nitrogen and oxygen atoms in total. The SMILES string of the molecule is CCOc1c(N)cccc1C(=O)NC(C)CS(C)=O. The van der Waals surface area contributed by atoms with Crippen LogP contribution in [0, 0.1) is 0 Å². The van der Waals surface area contributed by atoms with Crippen LogP contribution in [-0.4, -0.2) is 34.8 Å². The average molecular weight is 284 g/mol. The van der Waals surface area contributed by atoms with Gasteiger partial charge in [-0.3, -0.25) is 9.00 Å². The highest BCUT2D eigenvalue weighted by molar-refractivity contribution is 7.84. The summed E-state index contributed by atoms with van der Waals surface area (Å²) in [4.78, 5) is 12.1. The van der Waals surface area contributed by atoms with E-state index in [-0.39, 0.29) is 11.9 Å². The van der Waals surface area contributed by atoms with E-state index in [9.17, 15) is 9.00 Å². The van der Waals surface area contributed by atoms with Gasteiger partial charge in [0.25, 0.3) is 5.91 Å². The Labute approximate surface area is 116 Å². The summed E-state index contributed by atoms with van der Waals surface area (Å²) < 4.78 is 16.5. The molecule has 0 aliphatic heterocycles. The van der Waals surface area contributed by atoms with E-state index in [1.165, 1.54) is 0 Å². The molecule has 0 saturated heterocycles. The molecule has 6 heteroatoms. The van der Waals surface area contributed by atoms with E-state index in [0.29, 0.717) is 29.4 Å². The third-order valence-electron chi connectivity index (χ3n) is 2.44. The van der Waals surface area contributed by atoms with Gasteiger partial charge in [-0.05, 0) is 26.0 Å². The third-order valence-corrected chi connectivity index (χ3v) is 3.41. The Hall–Kier alpha value is -1.56. The Balaban J connectivity index is 2.87. The number of ether oxygens (including phenoxy) is 1. The fraction of sp³-hybridized carbons (Fsp3) is 0.462. The zero-order valence-electron chi connectivity index (χ0n) is 11.4. The molecule has 3 N–H and O–H groups in total. The number of anilines is 1. The zero-order chi connectivity index (χ0) is 14.4. The lowest BCUT2D eigenvalue weighted by Crippen LogP contribution is -2.36. The molecule has 2 unspecified atom stereocenters. The van der Waals surface area contributed by atoms with Gasteiger partial charge in [0.05, 0.1) is 17.9 Å². The topological polar surface area (TPSA) is 81.4 Å². The summed E-state index contributed by atoms with van der Waals surface area (Å²) >= 11 is 0. The number of benzene rings is 1. The monoisotopic (exact) mass is 284 g/mol. The van der Waals surface area contributed by atoms with Crippen LogP contribution in [0.25, 0.3) is 0 Å². The van der Waals surface area contributed by atoms with Crippen LogP contribution in [-0.2, 0) is 10.8 Å². The van der Waals surface area contributed by atoms with Crippen molar-refractivity contribution in [3.63, 3.8) is 0 Å². The van der Waals surface area contributed by atoms with Crippen LogP contribution in [0.1, 0.15) is 24.2 Å². The minimum atomic E-state index is -0.952. The molecule has 1 amide bonds. The van der Waals surface area contributed by atoms with Gasteiger partial charge in [0.15, 0.2) is 5.75 Å². The van der Waals surface area contributed by atoms with Crippen molar-refractivity contribution in [2.45, 2.75) is 19.9 Å². The number of nitrogens with one attached hydrogen (secondary N) is 1. The van der Waals surface area contributed by atoms with Crippen molar-refractivity contribution in [3.8, 4) is 5.75 Å². The quantitative estimate of drug-likeness (QED) is 0.768. The van der Waals surface area contributed by atoms with Crippen LogP contribution in [0.15, 0.2) is 18.2 Å². The summed E-state index contributed by atoms with van der Waals surface area (Å²) in [6, 6.07) is 4.88. The number of amides is 1. The van der Waals surface area contributed by atoms with E-state index in [4.69, 9.17) is 10.5 Å². The van der Waals surface area contributed by atoms with E-state index >= 15 is 0 Å². The van der Waals surface area contributed by atoms with E-state index in [2.05, 4.69) is 5.32 Å². The lowest BCUT2D eigenvalue weighted by molar-refractivity contribution is 0.0940. The first-order chi connectivity index (χ1) is 8.95. The molecule has 0 bridgehead atoms. The van der Waals surface area contributed by atoms with Crippen LogP contribution < -0.4 is 15.8 Å². The fourth-order valence-electron chi connectivity index (χ4n) is 1.73. The predicted molar refractivity (Wildman–Crippen MR) is 77.9 cm³/mol. The molecule has 0 aliphatic rings. The minimum absolute atomic E-state index is 0.172. The second kappa shape index (κ2) is 7.13. The number of hydrogen-bond donors (Lipinski definition) is 2. The second-order valence-corrected chi connectivity index (χ2v) is 5.75. The van der Waals surface area contributed by atoms with Gasteiger partial charge in [-0.2, -0.15) is 0 Å². The summed E-state index contributed by atoms with van der Waals surface area (Å²) in [5.74, 6) is 0.541. The highest BCUT2D eigenvalue weighted by Crippen LogP contribution is 2.26. The Bertz CT molecular complexity index is 477. The lowest BCUT2D eigenvalue weighted by Gasteiger charge is -2.15. The van der Waals surface area contributed by atoms with Crippen LogP contribution in [0.4, 0.5) is 5.69 Å². The third kappa shape index (κ3) is 4.55. The Kier molecular flexibility index (Phi) is 5.82. The van der Waals surface area contributed by atoms with Crippen molar-refractivity contribution >= 4 is 22.4 Å². The molecule has 0 heterocycles. The van der Waals surface area contributed by atoms with E-state index in [1.807, 2.05) is 13.8 Å². The summed E-state index contributed by atoms with van der Waals surface area (Å²) in [6.07, 6.45) is 1.61. The molecule has 0 radical (unpaired) electrons. The largest absolute Gasteiger partial charge is 0.491 e. The van der Waals surface area contributed by atoms with Gasteiger partial charge in [-0.15, -0.1) is 0 Å². The van der Waals surface area contributed by atoms with Crippen LogP contribution in [0.2, 0.25) is 0 Å². The zero-order valence-corrected chi connectivity index (χ0v) is 12.3. The Morgan fingerprint density at radius 3 is 2.79 bits per heavy atom. The molecule has 0 aromatic heterocycles. The van der Waals surface area contributed by atoms with Gasteiger partial charge in [0.1, 0.15) is 0 Å². The number of para-hydroxylation sites is 1. The molecule has 106 valence electrons. The normalized spacial score (nSPS) is 13.6. The van der Waals surface area contributed by atoms with Gasteiger partial charge >= 0.3 is 0 Å². The molecule has 0 saturated carbocycles. The molecule has 1 rings (SSSR count). The van der Waals surface area contributed by atoms with Gasteiger partial charge < -0.3 is 15.8 Å². The first-order valence-corrected chi connectivity index (χ1v) is 7.80. The Morgan fingerprint density at radius 1 is 1.53 bits per heavy atom. The first kappa shape index (κ1) is 15.5. The maximum atomic E-state index is 12.1. The van der Waals surface area contributed by atoms with Crippen molar-refractivity contribution in [2.75, 3.05) is 24.3 Å². The molecular weight excluding hydrogens is 264 g/mol. The maximum absolute atomic E-state index is 12.1. The predicted octanol–water partition coefficient (Wildman–Crippen LogP) is 1.16. The van der Waals surface area contributed by atoms with Gasteiger partial charge in [-0.1, -0.05) is 6.07 Å². The summed E-state index contributed by atoms with van der Waals surface area (Å²) in [6.45, 7) is 4.08. The smallest absolute Gasteiger partial charge is 0.255 e.